The summed E-state index contributed by atoms with van der Waals surface area (Å²) >= 11 is 0. The monoisotopic (exact) mass is 360 g/mol. The molecule has 0 aliphatic rings. The largest absolute Gasteiger partial charge is 0.508 e. The van der Waals surface area contributed by atoms with Crippen LogP contribution in [0.2, 0.25) is 0 Å². The van der Waals surface area contributed by atoms with Crippen molar-refractivity contribution < 1.29 is 19.4 Å². The van der Waals surface area contributed by atoms with Crippen molar-refractivity contribution in [3.8, 4) is 28.6 Å². The topological polar surface area (TPSA) is 79.9 Å². The summed E-state index contributed by atoms with van der Waals surface area (Å²) in [7, 11) is 0. The third-order valence-electron chi connectivity index (χ3n) is 4.19. The minimum Gasteiger partial charge on any atom is -0.508 e. The standard InChI is InChI=1S/C22H16O5/c23-13-14-1-6-17(7-2-14)26-18-8-3-15(4-9-18)22-12-20(25)19-11-16(24)5-10-21(19)27-22/h1-12,23-24H,13H2. The predicted molar refractivity (Wildman–Crippen MR) is 102 cm³/mol. The molecule has 0 spiro atoms. The van der Waals surface area contributed by atoms with Crippen LogP contribution in [0, 0.1) is 0 Å². The Morgan fingerprint density at radius 3 is 2.19 bits per heavy atom. The van der Waals surface area contributed by atoms with Gasteiger partial charge in [0.25, 0.3) is 0 Å². The van der Waals surface area contributed by atoms with Crippen LogP contribution in [0.4, 0.5) is 0 Å². The summed E-state index contributed by atoms with van der Waals surface area (Å²) in [6, 6.07) is 20.2. The summed E-state index contributed by atoms with van der Waals surface area (Å²) in [4.78, 5) is 12.3. The van der Waals surface area contributed by atoms with E-state index in [9.17, 15) is 9.90 Å². The molecular weight excluding hydrogens is 344 g/mol. The zero-order chi connectivity index (χ0) is 18.8. The van der Waals surface area contributed by atoms with Crippen molar-refractivity contribution >= 4 is 11.0 Å². The van der Waals surface area contributed by atoms with E-state index < -0.39 is 0 Å². The van der Waals surface area contributed by atoms with Crippen molar-refractivity contribution in [3.05, 3.63) is 88.6 Å². The summed E-state index contributed by atoms with van der Waals surface area (Å²) in [5, 5.41) is 18.9. The number of phenolic OH excluding ortho intramolecular Hbond substituents is 1. The quantitative estimate of drug-likeness (QED) is 0.562. The lowest BCUT2D eigenvalue weighted by molar-refractivity contribution is 0.281. The molecule has 0 aliphatic carbocycles. The average Bonchev–Trinajstić information content (AvgIpc) is 2.69. The van der Waals surface area contributed by atoms with E-state index in [-0.39, 0.29) is 17.8 Å². The number of ether oxygens (including phenoxy) is 1. The maximum Gasteiger partial charge on any atom is 0.193 e. The van der Waals surface area contributed by atoms with Crippen molar-refractivity contribution in [2.24, 2.45) is 0 Å². The number of phenols is 1. The smallest absolute Gasteiger partial charge is 0.193 e. The molecule has 0 unspecified atom stereocenters. The van der Waals surface area contributed by atoms with E-state index in [2.05, 4.69) is 0 Å². The molecule has 0 fully saturated rings. The molecule has 0 saturated heterocycles. The molecule has 0 aliphatic heterocycles. The van der Waals surface area contributed by atoms with Gasteiger partial charge in [-0.3, -0.25) is 4.79 Å². The first kappa shape index (κ1) is 16.9. The van der Waals surface area contributed by atoms with E-state index in [4.69, 9.17) is 14.3 Å². The third kappa shape index (κ3) is 3.54. The van der Waals surface area contributed by atoms with Gasteiger partial charge in [0.05, 0.1) is 12.0 Å². The Balaban J connectivity index is 1.61. The molecule has 0 amide bonds. The third-order valence-corrected chi connectivity index (χ3v) is 4.19. The molecule has 0 bridgehead atoms. The first-order valence-corrected chi connectivity index (χ1v) is 8.37. The van der Waals surface area contributed by atoms with Crippen molar-refractivity contribution in [1.82, 2.24) is 0 Å². The molecule has 1 heterocycles. The minimum absolute atomic E-state index is 0.00838. The van der Waals surface area contributed by atoms with Gasteiger partial charge in [-0.15, -0.1) is 0 Å². The second kappa shape index (κ2) is 6.97. The molecule has 0 radical (unpaired) electrons. The van der Waals surface area contributed by atoms with E-state index in [0.29, 0.717) is 28.2 Å². The number of aliphatic hydroxyl groups is 1. The van der Waals surface area contributed by atoms with E-state index in [1.54, 1.807) is 42.5 Å². The summed E-state index contributed by atoms with van der Waals surface area (Å²) in [5.41, 5.74) is 1.76. The fourth-order valence-corrected chi connectivity index (χ4v) is 2.77. The predicted octanol–water partition coefficient (Wildman–Crippen LogP) is 4.45. The highest BCUT2D eigenvalue weighted by molar-refractivity contribution is 5.80. The fourth-order valence-electron chi connectivity index (χ4n) is 2.77. The molecule has 27 heavy (non-hydrogen) atoms. The van der Waals surface area contributed by atoms with Gasteiger partial charge in [-0.2, -0.15) is 0 Å². The number of hydrogen-bond donors (Lipinski definition) is 2. The van der Waals surface area contributed by atoms with Crippen molar-refractivity contribution in [2.75, 3.05) is 0 Å². The van der Waals surface area contributed by atoms with E-state index >= 15 is 0 Å². The van der Waals surface area contributed by atoms with Gasteiger partial charge in [0.15, 0.2) is 5.43 Å². The van der Waals surface area contributed by atoms with Crippen LogP contribution in [0.1, 0.15) is 5.56 Å². The molecule has 134 valence electrons. The van der Waals surface area contributed by atoms with Crippen LogP contribution in [0.15, 0.2) is 82.0 Å². The van der Waals surface area contributed by atoms with Crippen molar-refractivity contribution in [1.29, 1.82) is 0 Å². The normalized spacial score (nSPS) is 10.9. The lowest BCUT2D eigenvalue weighted by Gasteiger charge is -2.08. The Morgan fingerprint density at radius 2 is 1.52 bits per heavy atom. The van der Waals surface area contributed by atoms with Gasteiger partial charge < -0.3 is 19.4 Å². The van der Waals surface area contributed by atoms with Gasteiger partial charge in [-0.25, -0.2) is 0 Å². The Kier molecular flexibility index (Phi) is 4.36. The zero-order valence-corrected chi connectivity index (χ0v) is 14.3. The number of hydrogen-bond acceptors (Lipinski definition) is 5. The van der Waals surface area contributed by atoms with Gasteiger partial charge >= 0.3 is 0 Å². The second-order valence-corrected chi connectivity index (χ2v) is 6.08. The zero-order valence-electron chi connectivity index (χ0n) is 14.3. The minimum atomic E-state index is -0.216. The number of fused-ring (bicyclic) bond motifs is 1. The lowest BCUT2D eigenvalue weighted by atomic mass is 10.1. The van der Waals surface area contributed by atoms with Gasteiger partial charge in [-0.05, 0) is 60.2 Å². The summed E-state index contributed by atoms with van der Waals surface area (Å²) in [5.74, 6) is 1.77. The van der Waals surface area contributed by atoms with Crippen LogP contribution in [-0.2, 0) is 6.61 Å². The van der Waals surface area contributed by atoms with Crippen LogP contribution < -0.4 is 10.2 Å². The van der Waals surface area contributed by atoms with Crippen LogP contribution in [0.25, 0.3) is 22.3 Å². The Hall–Kier alpha value is -3.57. The first-order chi connectivity index (χ1) is 13.1. The summed E-state index contributed by atoms with van der Waals surface area (Å²) in [6.07, 6.45) is 0. The van der Waals surface area contributed by atoms with Gasteiger partial charge in [-0.1, -0.05) is 12.1 Å². The SMILES string of the molecule is O=c1cc(-c2ccc(Oc3ccc(CO)cc3)cc2)oc2ccc(O)cc12. The molecular formula is C22H16O5. The molecule has 3 aromatic carbocycles. The van der Waals surface area contributed by atoms with E-state index in [0.717, 1.165) is 11.1 Å². The Labute approximate surface area is 154 Å². The van der Waals surface area contributed by atoms with Gasteiger partial charge in [0, 0.05) is 11.6 Å². The fraction of sp³-hybridized carbons (Fsp3) is 0.0455. The highest BCUT2D eigenvalue weighted by Gasteiger charge is 2.08. The van der Waals surface area contributed by atoms with Crippen molar-refractivity contribution in [3.63, 3.8) is 0 Å². The Bertz CT molecular complexity index is 1140. The molecule has 5 heteroatoms. The number of benzene rings is 3. The maximum atomic E-state index is 12.3. The number of aliphatic hydroxyl groups excluding tert-OH is 1. The molecule has 5 nitrogen and oxygen atoms in total. The molecule has 4 rings (SSSR count). The van der Waals surface area contributed by atoms with E-state index in [1.807, 2.05) is 12.1 Å². The van der Waals surface area contributed by atoms with Gasteiger partial charge in [0.1, 0.15) is 28.6 Å². The first-order valence-electron chi connectivity index (χ1n) is 8.37. The Morgan fingerprint density at radius 1 is 0.852 bits per heavy atom. The highest BCUT2D eigenvalue weighted by atomic mass is 16.5. The molecule has 2 N–H and O–H groups in total. The second-order valence-electron chi connectivity index (χ2n) is 6.08. The number of aromatic hydroxyl groups is 1. The average molecular weight is 360 g/mol. The maximum absolute atomic E-state index is 12.3. The van der Waals surface area contributed by atoms with Crippen LogP contribution in [-0.4, -0.2) is 10.2 Å². The molecule has 1 aromatic heterocycles. The summed E-state index contributed by atoms with van der Waals surface area (Å²) < 4.78 is 11.6. The highest BCUT2D eigenvalue weighted by Crippen LogP contribution is 2.27. The van der Waals surface area contributed by atoms with E-state index in [1.165, 1.54) is 18.2 Å². The summed E-state index contributed by atoms with van der Waals surface area (Å²) in [6.45, 7) is -0.00838. The van der Waals surface area contributed by atoms with Crippen molar-refractivity contribution in [2.45, 2.75) is 6.61 Å². The van der Waals surface area contributed by atoms with Crippen LogP contribution in [0.5, 0.6) is 17.2 Å². The lowest BCUT2D eigenvalue weighted by Crippen LogP contribution is -2.00. The molecule has 4 aromatic rings. The van der Waals surface area contributed by atoms with Gasteiger partial charge in [0.2, 0.25) is 0 Å². The van der Waals surface area contributed by atoms with Crippen LogP contribution in [0.3, 0.4) is 0 Å². The molecule has 0 saturated carbocycles. The number of rotatable bonds is 4. The molecule has 0 atom stereocenters. The van der Waals surface area contributed by atoms with Crippen LogP contribution >= 0.6 is 0 Å².